The molecule has 1 atom stereocenters. The van der Waals surface area contributed by atoms with E-state index in [2.05, 4.69) is 21.1 Å². The molecular formula is C14H15N5O4. The van der Waals surface area contributed by atoms with Gasteiger partial charge < -0.3 is 0 Å². The number of non-ortho nitro benzene ring substituents is 1. The molecule has 1 heterocycles. The second-order valence-corrected chi connectivity index (χ2v) is 5.03. The molecule has 0 radical (unpaired) electrons. The van der Waals surface area contributed by atoms with Crippen LogP contribution in [0.3, 0.4) is 0 Å². The van der Waals surface area contributed by atoms with Gasteiger partial charge in [0.15, 0.2) is 0 Å². The van der Waals surface area contributed by atoms with E-state index < -0.39 is 16.7 Å². The van der Waals surface area contributed by atoms with Crippen molar-refractivity contribution < 1.29 is 14.5 Å². The molecule has 0 fully saturated rings. The number of rotatable bonds is 5. The monoisotopic (exact) mass is 317 g/mol. The highest BCUT2D eigenvalue weighted by molar-refractivity contribution is 6.09. The lowest BCUT2D eigenvalue weighted by Crippen LogP contribution is -2.29. The third kappa shape index (κ3) is 3.96. The van der Waals surface area contributed by atoms with E-state index in [0.717, 1.165) is 0 Å². The average molecular weight is 317 g/mol. The predicted molar refractivity (Wildman–Crippen MR) is 82.8 cm³/mol. The molecule has 23 heavy (non-hydrogen) atoms. The van der Waals surface area contributed by atoms with Crippen LogP contribution in [-0.4, -0.2) is 28.2 Å². The van der Waals surface area contributed by atoms with Crippen molar-refractivity contribution in [3.05, 3.63) is 39.9 Å². The molecule has 2 rings (SSSR count). The number of carbonyl (C=O) groups excluding carboxylic acids is 2. The first kappa shape index (κ1) is 16.3. The van der Waals surface area contributed by atoms with E-state index in [1.165, 1.54) is 18.2 Å². The van der Waals surface area contributed by atoms with Gasteiger partial charge in [-0.05, 0) is 13.8 Å². The molecule has 2 N–H and O–H groups in total. The van der Waals surface area contributed by atoms with E-state index in [1.807, 2.05) is 0 Å². The summed E-state index contributed by atoms with van der Waals surface area (Å²) in [5.41, 5.74) is 6.08. The van der Waals surface area contributed by atoms with Crippen molar-refractivity contribution in [3.8, 4) is 0 Å². The summed E-state index contributed by atoms with van der Waals surface area (Å²) < 4.78 is 0. The van der Waals surface area contributed by atoms with Gasteiger partial charge in [0, 0.05) is 29.8 Å². The summed E-state index contributed by atoms with van der Waals surface area (Å²) in [6.45, 7) is 3.28. The Morgan fingerprint density at radius 2 is 2.26 bits per heavy atom. The summed E-state index contributed by atoms with van der Waals surface area (Å²) in [4.78, 5) is 33.6. The Balaban J connectivity index is 2.00. The highest BCUT2D eigenvalue weighted by atomic mass is 16.6. The number of hydrogen-bond donors (Lipinski definition) is 2. The van der Waals surface area contributed by atoms with Gasteiger partial charge in [-0.3, -0.25) is 19.7 Å². The number of carbonyl (C=O) groups is 2. The summed E-state index contributed by atoms with van der Waals surface area (Å²) in [7, 11) is 0. The van der Waals surface area contributed by atoms with Crippen LogP contribution in [0.4, 0.5) is 5.69 Å². The molecule has 0 aliphatic carbocycles. The van der Waals surface area contributed by atoms with Crippen LogP contribution in [0.5, 0.6) is 0 Å². The number of nitro benzene ring substituents is 1. The first-order chi connectivity index (χ1) is 10.9. The maximum Gasteiger partial charge on any atom is 0.270 e. The number of nitro groups is 1. The molecule has 9 nitrogen and oxygen atoms in total. The second kappa shape index (κ2) is 6.77. The van der Waals surface area contributed by atoms with Crippen molar-refractivity contribution in [2.24, 2.45) is 16.1 Å². The molecule has 0 spiro atoms. The predicted octanol–water partition coefficient (Wildman–Crippen LogP) is 0.947. The quantitative estimate of drug-likeness (QED) is 0.476. The molecular weight excluding hydrogens is 302 g/mol. The zero-order chi connectivity index (χ0) is 17.0. The lowest BCUT2D eigenvalue weighted by Gasteiger charge is -2.07. The zero-order valence-corrected chi connectivity index (χ0v) is 12.6. The summed E-state index contributed by atoms with van der Waals surface area (Å²) in [6, 6.07) is 5.93. The van der Waals surface area contributed by atoms with E-state index in [0.29, 0.717) is 17.0 Å². The van der Waals surface area contributed by atoms with Gasteiger partial charge in [0.25, 0.3) is 5.69 Å². The minimum Gasteiger partial charge on any atom is -0.273 e. The number of hydrazone groups is 2. The smallest absolute Gasteiger partial charge is 0.270 e. The van der Waals surface area contributed by atoms with E-state index in [-0.39, 0.29) is 18.0 Å². The van der Waals surface area contributed by atoms with Crippen LogP contribution in [0.15, 0.2) is 34.5 Å². The molecule has 9 heteroatoms. The fraction of sp³-hybridized carbons (Fsp3) is 0.286. The molecule has 0 bridgehead atoms. The van der Waals surface area contributed by atoms with Crippen molar-refractivity contribution in [3.63, 3.8) is 0 Å². The van der Waals surface area contributed by atoms with Crippen LogP contribution in [0.1, 0.15) is 25.8 Å². The van der Waals surface area contributed by atoms with Crippen molar-refractivity contribution in [2.75, 3.05) is 0 Å². The molecule has 1 aromatic carbocycles. The second-order valence-electron chi connectivity index (χ2n) is 5.03. The maximum absolute atomic E-state index is 11.8. The topological polar surface area (TPSA) is 126 Å². The van der Waals surface area contributed by atoms with Crippen LogP contribution in [0, 0.1) is 16.0 Å². The average Bonchev–Trinajstić information content (AvgIpc) is 2.84. The summed E-state index contributed by atoms with van der Waals surface area (Å²) in [6.07, 6.45) is -0.0626. The number of nitrogens with one attached hydrogen (secondary N) is 2. The van der Waals surface area contributed by atoms with Gasteiger partial charge in [-0.25, -0.2) is 10.9 Å². The Hall–Kier alpha value is -3.10. The summed E-state index contributed by atoms with van der Waals surface area (Å²) >= 11 is 0. The molecule has 0 aromatic heterocycles. The van der Waals surface area contributed by atoms with Gasteiger partial charge in [-0.2, -0.15) is 10.2 Å². The maximum atomic E-state index is 11.8. The van der Waals surface area contributed by atoms with Gasteiger partial charge in [-0.1, -0.05) is 12.1 Å². The Bertz CT molecular complexity index is 726. The van der Waals surface area contributed by atoms with Crippen LogP contribution < -0.4 is 10.9 Å². The van der Waals surface area contributed by atoms with Crippen LogP contribution in [0.2, 0.25) is 0 Å². The molecule has 1 aromatic rings. The molecule has 1 aliphatic heterocycles. The van der Waals surface area contributed by atoms with Crippen molar-refractivity contribution >= 4 is 28.9 Å². The first-order valence-electron chi connectivity index (χ1n) is 6.80. The van der Waals surface area contributed by atoms with Gasteiger partial charge in [-0.15, -0.1) is 0 Å². The zero-order valence-electron chi connectivity index (χ0n) is 12.6. The third-order valence-electron chi connectivity index (χ3n) is 3.38. The van der Waals surface area contributed by atoms with Crippen molar-refractivity contribution in [2.45, 2.75) is 20.3 Å². The minimum absolute atomic E-state index is 0.0576. The molecule has 2 amide bonds. The fourth-order valence-electron chi connectivity index (χ4n) is 2.02. The van der Waals surface area contributed by atoms with Gasteiger partial charge in [0.1, 0.15) is 0 Å². The van der Waals surface area contributed by atoms with E-state index in [1.54, 1.807) is 19.9 Å². The number of hydrogen-bond acceptors (Lipinski definition) is 6. The largest absolute Gasteiger partial charge is 0.273 e. The van der Waals surface area contributed by atoms with Gasteiger partial charge in [0.2, 0.25) is 11.8 Å². The standard InChI is InChI=1S/C14H15N5O4/c1-8(10-4-3-5-11(6-10)19(22)23)15-17-13(20)7-12-9(2)16-18-14(12)21/h3-6,12H,7H2,1-2H3,(H,17,20)(H,18,21)/b15-8+. The van der Waals surface area contributed by atoms with E-state index in [9.17, 15) is 19.7 Å². The highest BCUT2D eigenvalue weighted by Gasteiger charge is 2.29. The van der Waals surface area contributed by atoms with E-state index >= 15 is 0 Å². The van der Waals surface area contributed by atoms with Crippen LogP contribution >= 0.6 is 0 Å². The summed E-state index contributed by atoms with van der Waals surface area (Å²) in [5.74, 6) is -1.35. The molecule has 0 saturated heterocycles. The lowest BCUT2D eigenvalue weighted by atomic mass is 10.0. The molecule has 0 saturated carbocycles. The third-order valence-corrected chi connectivity index (χ3v) is 3.38. The van der Waals surface area contributed by atoms with Crippen molar-refractivity contribution in [1.82, 2.24) is 10.9 Å². The SMILES string of the molecule is CC1=NNC(=O)C1CC(=O)N/N=C(\C)c1cccc([N+](=O)[O-])c1. The molecule has 120 valence electrons. The number of nitrogens with zero attached hydrogens (tertiary/aromatic N) is 3. The Kier molecular flexibility index (Phi) is 4.79. The van der Waals surface area contributed by atoms with Crippen LogP contribution in [-0.2, 0) is 9.59 Å². The first-order valence-corrected chi connectivity index (χ1v) is 6.80. The minimum atomic E-state index is -0.594. The highest BCUT2D eigenvalue weighted by Crippen LogP contribution is 2.14. The molecule has 1 aliphatic rings. The van der Waals surface area contributed by atoms with Gasteiger partial charge >= 0.3 is 0 Å². The Morgan fingerprint density at radius 1 is 1.52 bits per heavy atom. The van der Waals surface area contributed by atoms with Gasteiger partial charge in [0.05, 0.1) is 16.6 Å². The Labute approximate surface area is 131 Å². The number of amides is 2. The van der Waals surface area contributed by atoms with Crippen LogP contribution in [0.25, 0.3) is 0 Å². The van der Waals surface area contributed by atoms with E-state index in [4.69, 9.17) is 0 Å². The lowest BCUT2D eigenvalue weighted by molar-refractivity contribution is -0.384. The summed E-state index contributed by atoms with van der Waals surface area (Å²) in [5, 5.41) is 18.4. The van der Waals surface area contributed by atoms with Crippen molar-refractivity contribution in [1.29, 1.82) is 0 Å². The fourth-order valence-corrected chi connectivity index (χ4v) is 2.02. The molecule has 1 unspecified atom stereocenters. The Morgan fingerprint density at radius 3 is 2.87 bits per heavy atom. The normalized spacial score (nSPS) is 17.5. The number of benzene rings is 1.